The number of fused-ring (bicyclic) bond motifs is 2. The van der Waals surface area contributed by atoms with Crippen LogP contribution in [0, 0.1) is 5.41 Å². The Bertz CT molecular complexity index is 1340. The summed E-state index contributed by atoms with van der Waals surface area (Å²) in [6.45, 7) is 4.50. The van der Waals surface area contributed by atoms with Gasteiger partial charge in [-0.3, -0.25) is 4.79 Å². The molecule has 5 rings (SSSR count). The van der Waals surface area contributed by atoms with Crippen molar-refractivity contribution in [3.8, 4) is 17.4 Å². The number of ether oxygens (including phenoxy) is 2. The van der Waals surface area contributed by atoms with E-state index in [1.165, 1.54) is 11.3 Å². The summed E-state index contributed by atoms with van der Waals surface area (Å²) in [6.07, 6.45) is 1.68. The number of amides is 1. The van der Waals surface area contributed by atoms with Gasteiger partial charge in [0.15, 0.2) is 5.13 Å². The van der Waals surface area contributed by atoms with Crippen molar-refractivity contribution in [2.75, 3.05) is 17.7 Å². The second kappa shape index (κ2) is 9.38. The summed E-state index contributed by atoms with van der Waals surface area (Å²) in [6, 6.07) is 19.6. The molecule has 1 aliphatic heterocycles. The maximum absolute atomic E-state index is 13.4. The van der Waals surface area contributed by atoms with Gasteiger partial charge in [0, 0.05) is 35.2 Å². The normalized spacial score (nSPS) is 14.3. The number of thiazole rings is 1. The van der Waals surface area contributed by atoms with Crippen LogP contribution in [0.3, 0.4) is 0 Å². The van der Waals surface area contributed by atoms with Crippen LogP contribution in [-0.2, 0) is 11.3 Å². The molecule has 1 atom stereocenters. The van der Waals surface area contributed by atoms with Crippen molar-refractivity contribution in [2.45, 2.75) is 26.3 Å². The zero-order valence-corrected chi connectivity index (χ0v) is 20.6. The first kappa shape index (κ1) is 22.9. The molecular formula is C27H26N4O3S. The second-order valence-corrected chi connectivity index (χ2v) is 9.77. The summed E-state index contributed by atoms with van der Waals surface area (Å²) >= 11 is 1.40. The van der Waals surface area contributed by atoms with Gasteiger partial charge in [-0.1, -0.05) is 44.2 Å². The van der Waals surface area contributed by atoms with E-state index in [9.17, 15) is 4.79 Å². The van der Waals surface area contributed by atoms with E-state index in [0.717, 1.165) is 22.4 Å². The molecule has 7 nitrogen and oxygen atoms in total. The lowest BCUT2D eigenvalue weighted by atomic mass is 9.70. The molecule has 178 valence electrons. The number of rotatable bonds is 7. The molecule has 1 unspecified atom stereocenters. The molecule has 8 heteroatoms. The van der Waals surface area contributed by atoms with Crippen LogP contribution in [0.1, 0.15) is 36.5 Å². The van der Waals surface area contributed by atoms with Crippen LogP contribution in [-0.4, -0.2) is 23.0 Å². The first-order valence-electron chi connectivity index (χ1n) is 11.3. The first-order valence-corrected chi connectivity index (χ1v) is 12.2. The Morgan fingerprint density at radius 3 is 2.63 bits per heavy atom. The van der Waals surface area contributed by atoms with Gasteiger partial charge in [0.05, 0.1) is 12.5 Å². The van der Waals surface area contributed by atoms with Crippen molar-refractivity contribution in [2.24, 2.45) is 5.41 Å². The fraction of sp³-hybridized carbons (Fsp3) is 0.222. The molecule has 1 aliphatic rings. The SMILES string of the molecule is COc1ccc(CNc2ccc3c(n2)Oc2ccccc2C3C(C)(C)C(=O)Nc2nccs2)cc1. The number of carbonyl (C=O) groups is 1. The predicted molar refractivity (Wildman–Crippen MR) is 137 cm³/mol. The third-order valence-corrected chi connectivity index (χ3v) is 6.92. The van der Waals surface area contributed by atoms with E-state index in [2.05, 4.69) is 15.6 Å². The van der Waals surface area contributed by atoms with Crippen molar-refractivity contribution >= 4 is 28.2 Å². The van der Waals surface area contributed by atoms with Crippen LogP contribution in [0.4, 0.5) is 10.9 Å². The van der Waals surface area contributed by atoms with E-state index in [4.69, 9.17) is 14.5 Å². The zero-order chi connectivity index (χ0) is 24.4. The van der Waals surface area contributed by atoms with Crippen molar-refractivity contribution < 1.29 is 14.3 Å². The minimum absolute atomic E-state index is 0.109. The molecular weight excluding hydrogens is 460 g/mol. The molecule has 0 saturated heterocycles. The van der Waals surface area contributed by atoms with Gasteiger partial charge in [-0.25, -0.2) is 4.98 Å². The van der Waals surface area contributed by atoms with Crippen molar-refractivity contribution in [3.05, 3.63) is 88.9 Å². The van der Waals surface area contributed by atoms with Gasteiger partial charge in [-0.15, -0.1) is 11.3 Å². The summed E-state index contributed by atoms with van der Waals surface area (Å²) in [5.41, 5.74) is 2.15. The van der Waals surface area contributed by atoms with Gasteiger partial charge in [-0.05, 0) is 35.9 Å². The molecule has 35 heavy (non-hydrogen) atoms. The Morgan fingerprint density at radius 2 is 1.89 bits per heavy atom. The van der Waals surface area contributed by atoms with Gasteiger partial charge in [0.1, 0.15) is 17.3 Å². The first-order chi connectivity index (χ1) is 17.0. The Kier molecular flexibility index (Phi) is 6.13. The summed E-state index contributed by atoms with van der Waals surface area (Å²) in [4.78, 5) is 22.4. The summed E-state index contributed by atoms with van der Waals surface area (Å²) in [5, 5.41) is 8.75. The largest absolute Gasteiger partial charge is 0.497 e. The number of para-hydroxylation sites is 1. The maximum Gasteiger partial charge on any atom is 0.232 e. The maximum atomic E-state index is 13.4. The van der Waals surface area contributed by atoms with Crippen molar-refractivity contribution in [3.63, 3.8) is 0 Å². The Morgan fingerprint density at radius 1 is 1.09 bits per heavy atom. The highest BCUT2D eigenvalue weighted by atomic mass is 32.1. The minimum Gasteiger partial charge on any atom is -0.497 e. The lowest BCUT2D eigenvalue weighted by Gasteiger charge is -2.37. The van der Waals surface area contributed by atoms with Crippen LogP contribution in [0.15, 0.2) is 72.2 Å². The lowest BCUT2D eigenvalue weighted by Crippen LogP contribution is -2.38. The van der Waals surface area contributed by atoms with Gasteiger partial charge < -0.3 is 20.1 Å². The number of nitrogens with one attached hydrogen (secondary N) is 2. The topological polar surface area (TPSA) is 85.4 Å². The van der Waals surface area contributed by atoms with Gasteiger partial charge in [0.25, 0.3) is 0 Å². The van der Waals surface area contributed by atoms with Crippen LogP contribution in [0.5, 0.6) is 17.4 Å². The smallest absolute Gasteiger partial charge is 0.232 e. The number of aromatic nitrogens is 2. The third kappa shape index (κ3) is 4.57. The molecule has 0 aliphatic carbocycles. The van der Waals surface area contributed by atoms with Crippen molar-refractivity contribution in [1.82, 2.24) is 9.97 Å². The van der Waals surface area contributed by atoms with Crippen molar-refractivity contribution in [1.29, 1.82) is 0 Å². The average molecular weight is 487 g/mol. The molecule has 2 aromatic heterocycles. The summed E-state index contributed by atoms with van der Waals surface area (Å²) < 4.78 is 11.4. The van der Waals surface area contributed by atoms with Crippen LogP contribution in [0.25, 0.3) is 0 Å². The number of carbonyl (C=O) groups excluding carboxylic acids is 1. The van der Waals surface area contributed by atoms with E-state index in [1.807, 2.05) is 79.9 Å². The molecule has 0 radical (unpaired) electrons. The Balaban J connectivity index is 1.44. The Hall–Kier alpha value is -3.91. The fourth-order valence-corrected chi connectivity index (χ4v) is 4.85. The van der Waals surface area contributed by atoms with E-state index in [1.54, 1.807) is 13.3 Å². The number of hydrogen-bond donors (Lipinski definition) is 2. The molecule has 0 bridgehead atoms. The zero-order valence-electron chi connectivity index (χ0n) is 19.7. The average Bonchev–Trinajstić information content (AvgIpc) is 3.39. The number of pyridine rings is 1. The van der Waals surface area contributed by atoms with Crippen LogP contribution >= 0.6 is 11.3 Å². The number of benzene rings is 2. The van der Waals surface area contributed by atoms with E-state index >= 15 is 0 Å². The van der Waals surface area contributed by atoms with Gasteiger partial charge in [0.2, 0.25) is 11.8 Å². The third-order valence-electron chi connectivity index (χ3n) is 6.23. The molecule has 0 spiro atoms. The number of anilines is 2. The monoisotopic (exact) mass is 486 g/mol. The van der Waals surface area contributed by atoms with Gasteiger partial charge >= 0.3 is 0 Å². The van der Waals surface area contributed by atoms with Crippen LogP contribution < -0.4 is 20.1 Å². The van der Waals surface area contributed by atoms with Gasteiger partial charge in [-0.2, -0.15) is 4.98 Å². The number of nitrogens with zero attached hydrogens (tertiary/aromatic N) is 2. The molecule has 2 N–H and O–H groups in total. The summed E-state index contributed by atoms with van der Waals surface area (Å²) in [5.74, 6) is 2.37. The second-order valence-electron chi connectivity index (χ2n) is 8.88. The predicted octanol–water partition coefficient (Wildman–Crippen LogP) is 6.06. The highest BCUT2D eigenvalue weighted by Crippen LogP contribution is 2.51. The molecule has 0 saturated carbocycles. The molecule has 4 aromatic rings. The molecule has 3 heterocycles. The molecule has 2 aromatic carbocycles. The highest BCUT2D eigenvalue weighted by Gasteiger charge is 2.44. The fourth-order valence-electron chi connectivity index (χ4n) is 4.32. The lowest BCUT2D eigenvalue weighted by molar-refractivity contribution is -0.124. The quantitative estimate of drug-likeness (QED) is 0.330. The van der Waals surface area contributed by atoms with E-state index < -0.39 is 5.41 Å². The Labute approximate surface area is 208 Å². The number of hydrogen-bond acceptors (Lipinski definition) is 7. The minimum atomic E-state index is -0.792. The number of methoxy groups -OCH3 is 1. The molecule has 1 amide bonds. The molecule has 0 fully saturated rings. The standard InChI is InChI=1S/C27H26N4O3S/c1-27(2,25(32)31-26-28-14-15-35-26)23-19-6-4-5-7-21(19)34-24-20(23)12-13-22(30-24)29-16-17-8-10-18(33-3)11-9-17/h4-15,23H,16H2,1-3H3,(H,29,30)(H,28,31,32). The van der Waals surface area contributed by atoms with E-state index in [-0.39, 0.29) is 11.8 Å². The summed E-state index contributed by atoms with van der Waals surface area (Å²) in [7, 11) is 1.65. The highest BCUT2D eigenvalue weighted by molar-refractivity contribution is 7.13. The van der Waals surface area contributed by atoms with E-state index in [0.29, 0.717) is 29.1 Å². The van der Waals surface area contributed by atoms with Crippen LogP contribution in [0.2, 0.25) is 0 Å².